The molecule has 2 bridgehead atoms. The maximum absolute atomic E-state index is 12.9. The van der Waals surface area contributed by atoms with Crippen LogP contribution in [0.5, 0.6) is 5.88 Å². The fourth-order valence-corrected chi connectivity index (χ4v) is 4.87. The van der Waals surface area contributed by atoms with Crippen LogP contribution in [0.25, 0.3) is 0 Å². The lowest BCUT2D eigenvalue weighted by Gasteiger charge is -2.31. The van der Waals surface area contributed by atoms with Crippen LogP contribution in [0.15, 0.2) is 33.3 Å². The Balaban J connectivity index is 1.72. The minimum Gasteiger partial charge on any atom is -0.496 e. The van der Waals surface area contributed by atoms with E-state index in [0.717, 1.165) is 37.5 Å². The first-order valence-corrected chi connectivity index (χ1v) is 12.0. The molecule has 1 saturated carbocycles. The third-order valence-corrected chi connectivity index (χ3v) is 6.25. The van der Waals surface area contributed by atoms with Crippen molar-refractivity contribution in [3.63, 3.8) is 0 Å². The molecule has 1 N–H and O–H groups in total. The molecule has 0 atom stereocenters. The number of amides is 1. The molecule has 0 spiro atoms. The molecule has 9 nitrogen and oxygen atoms in total. The number of carbonyl (C=O) groups is 1. The molecule has 4 aliphatic rings. The molecular weight excluding hydrogens is 410 g/mol. The lowest BCUT2D eigenvalue weighted by atomic mass is 9.83. The molecule has 30 heavy (non-hydrogen) atoms. The number of aromatic amines is 1. The second kappa shape index (κ2) is 8.25. The van der Waals surface area contributed by atoms with Crippen LogP contribution in [0.1, 0.15) is 50.0 Å². The number of pyridine rings is 1. The molecule has 1 saturated heterocycles. The molecule has 1 aromatic heterocycles. The highest BCUT2D eigenvalue weighted by Crippen LogP contribution is 2.37. The summed E-state index contributed by atoms with van der Waals surface area (Å²) in [5.74, 6) is 0.185. The topological polar surface area (TPSA) is 118 Å². The third kappa shape index (κ3) is 4.58. The number of nitrogens with zero attached hydrogens (tertiary/aromatic N) is 2. The number of H-pyrrole nitrogens is 1. The number of nitrogens with one attached hydrogen (secondary N) is 1. The molecule has 10 heteroatoms. The number of hydrogen-bond acceptors (Lipinski definition) is 6. The number of ether oxygens (including phenoxy) is 2. The van der Waals surface area contributed by atoms with Crippen LogP contribution < -0.4 is 10.3 Å². The summed E-state index contributed by atoms with van der Waals surface area (Å²) in [6, 6.07) is 3.24. The Morgan fingerprint density at radius 2 is 1.93 bits per heavy atom. The van der Waals surface area contributed by atoms with E-state index in [1.807, 2.05) is 0 Å². The van der Waals surface area contributed by atoms with Gasteiger partial charge in [-0.15, -0.1) is 0 Å². The Morgan fingerprint density at radius 1 is 1.17 bits per heavy atom. The monoisotopic (exact) mass is 435 g/mol. The number of fused-ring (bicyclic) bond motifs is 5. The smallest absolute Gasteiger partial charge is 0.265 e. The summed E-state index contributed by atoms with van der Waals surface area (Å²) in [5.41, 5.74) is 1.29. The fourth-order valence-electron chi connectivity index (χ4n) is 4.28. The highest BCUT2D eigenvalue weighted by molar-refractivity contribution is 7.89. The second-order valence-corrected chi connectivity index (χ2v) is 9.58. The van der Waals surface area contributed by atoms with E-state index in [2.05, 4.69) is 9.38 Å². The Morgan fingerprint density at radius 3 is 2.67 bits per heavy atom. The van der Waals surface area contributed by atoms with Gasteiger partial charge in [-0.1, -0.05) is 0 Å². The van der Waals surface area contributed by atoms with Crippen molar-refractivity contribution in [2.45, 2.75) is 50.5 Å². The van der Waals surface area contributed by atoms with E-state index >= 15 is 0 Å². The van der Waals surface area contributed by atoms with Gasteiger partial charge in [0.1, 0.15) is 12.0 Å². The Labute approximate surface area is 174 Å². The van der Waals surface area contributed by atoms with Crippen molar-refractivity contribution in [1.82, 2.24) is 9.88 Å². The van der Waals surface area contributed by atoms with Gasteiger partial charge < -0.3 is 14.4 Å². The molecule has 0 unspecified atom stereocenters. The number of rotatable bonds is 1. The minimum atomic E-state index is -3.62. The summed E-state index contributed by atoms with van der Waals surface area (Å²) in [6.45, 7) is 0.123. The van der Waals surface area contributed by atoms with Gasteiger partial charge in [0.15, 0.2) is 12.5 Å². The molecule has 4 heterocycles. The van der Waals surface area contributed by atoms with E-state index in [4.69, 9.17) is 9.47 Å². The third-order valence-electron chi connectivity index (χ3n) is 5.70. The summed E-state index contributed by atoms with van der Waals surface area (Å²) in [5, 5.41) is 0. The second-order valence-electron chi connectivity index (χ2n) is 7.93. The molecule has 5 rings (SSSR count). The van der Waals surface area contributed by atoms with Crippen molar-refractivity contribution in [1.29, 1.82) is 0 Å². The van der Waals surface area contributed by atoms with Gasteiger partial charge in [-0.25, -0.2) is 8.42 Å². The van der Waals surface area contributed by atoms with E-state index in [-0.39, 0.29) is 30.1 Å². The van der Waals surface area contributed by atoms with E-state index in [0.29, 0.717) is 36.7 Å². The van der Waals surface area contributed by atoms with Crippen LogP contribution >= 0.6 is 0 Å². The first-order valence-electron chi connectivity index (χ1n) is 10.1. The Kier molecular flexibility index (Phi) is 5.68. The highest BCUT2D eigenvalue weighted by atomic mass is 32.2. The van der Waals surface area contributed by atoms with Gasteiger partial charge in [0, 0.05) is 18.2 Å². The van der Waals surface area contributed by atoms with Gasteiger partial charge in [0.2, 0.25) is 0 Å². The van der Waals surface area contributed by atoms with Crippen molar-refractivity contribution >= 4 is 21.6 Å². The summed E-state index contributed by atoms with van der Waals surface area (Å²) in [4.78, 5) is 28.9. The fraction of sp³-hybridized carbons (Fsp3) is 0.550. The summed E-state index contributed by atoms with van der Waals surface area (Å²) >= 11 is 0. The first kappa shape index (κ1) is 20.6. The maximum atomic E-state index is 12.9. The number of carbonyl (C=O) groups excluding carboxylic acids is 1. The minimum absolute atomic E-state index is 0.0278. The van der Waals surface area contributed by atoms with Crippen molar-refractivity contribution in [3.8, 4) is 5.88 Å². The molecular formula is C20H25N3O6S. The van der Waals surface area contributed by atoms with Gasteiger partial charge in [0.25, 0.3) is 21.5 Å². The van der Waals surface area contributed by atoms with Crippen molar-refractivity contribution in [3.05, 3.63) is 40.0 Å². The average molecular weight is 436 g/mol. The Bertz CT molecular complexity index is 1050. The number of hydrogen-bond donors (Lipinski definition) is 1. The van der Waals surface area contributed by atoms with Crippen LogP contribution in [0.4, 0.5) is 0 Å². The van der Waals surface area contributed by atoms with Gasteiger partial charge in [-0.2, -0.15) is 4.40 Å². The van der Waals surface area contributed by atoms with Gasteiger partial charge in [0.05, 0.1) is 18.1 Å². The van der Waals surface area contributed by atoms with Gasteiger partial charge >= 0.3 is 0 Å². The maximum Gasteiger partial charge on any atom is 0.265 e. The zero-order valence-electron chi connectivity index (χ0n) is 16.8. The average Bonchev–Trinajstić information content (AvgIpc) is 2.71. The number of aromatic nitrogens is 1. The number of piperidine rings is 1. The van der Waals surface area contributed by atoms with E-state index < -0.39 is 10.0 Å². The van der Waals surface area contributed by atoms with Crippen molar-refractivity contribution in [2.24, 2.45) is 4.40 Å². The van der Waals surface area contributed by atoms with Crippen molar-refractivity contribution in [2.75, 3.05) is 19.4 Å². The van der Waals surface area contributed by atoms with Gasteiger partial charge in [-0.3, -0.25) is 14.6 Å². The van der Waals surface area contributed by atoms with E-state index in [1.165, 1.54) is 17.2 Å². The molecule has 2 fully saturated rings. The van der Waals surface area contributed by atoms with Crippen LogP contribution in [-0.2, 0) is 19.6 Å². The van der Waals surface area contributed by atoms with Gasteiger partial charge in [-0.05, 0) is 50.5 Å². The molecule has 1 amide bonds. The van der Waals surface area contributed by atoms with E-state index in [1.54, 1.807) is 6.07 Å². The first-order chi connectivity index (χ1) is 14.3. The summed E-state index contributed by atoms with van der Waals surface area (Å²) in [6.07, 6.45) is 6.83. The number of allylic oxidation sites excluding steroid dienone is 1. The molecule has 1 aliphatic carbocycles. The van der Waals surface area contributed by atoms with Crippen LogP contribution in [0.3, 0.4) is 0 Å². The van der Waals surface area contributed by atoms with Crippen LogP contribution in [0.2, 0.25) is 0 Å². The molecule has 1 aromatic rings. The predicted molar refractivity (Wildman–Crippen MR) is 110 cm³/mol. The van der Waals surface area contributed by atoms with Crippen LogP contribution in [0, 0.1) is 0 Å². The summed E-state index contributed by atoms with van der Waals surface area (Å²) < 4.78 is 39.1. The molecule has 0 aromatic carbocycles. The van der Waals surface area contributed by atoms with Crippen molar-refractivity contribution < 1.29 is 22.7 Å². The molecule has 0 radical (unpaired) electrons. The normalized spacial score (nSPS) is 28.0. The highest BCUT2D eigenvalue weighted by Gasteiger charge is 2.31. The Hall–Kier alpha value is -2.62. The predicted octanol–water partition coefficient (Wildman–Crippen LogP) is 1.67. The zero-order valence-corrected chi connectivity index (χ0v) is 17.6. The number of sulfonamides is 1. The lowest BCUT2D eigenvalue weighted by molar-refractivity contribution is -0.131. The molecule has 3 aliphatic heterocycles. The largest absolute Gasteiger partial charge is 0.496 e. The quantitative estimate of drug-likeness (QED) is 0.717. The lowest BCUT2D eigenvalue weighted by Crippen LogP contribution is -2.41. The van der Waals surface area contributed by atoms with Crippen LogP contribution in [-0.4, -0.2) is 55.4 Å². The zero-order chi connectivity index (χ0) is 21.3. The standard InChI is InChI=1S/C20H25N3O6S/c1-30(26,27)22-16-3-2-10-23-17(16)11-28-14-6-4-13(5-7-14)15-8-9-18(24)21-20(15)29-12-19(23)25/h8-9,11,13-14H,2-7,10,12H2,1H3,(H,21,24)/b17-11-,22-16+. The summed E-state index contributed by atoms with van der Waals surface area (Å²) in [7, 11) is -3.62. The van der Waals surface area contributed by atoms with E-state index in [9.17, 15) is 18.0 Å². The molecule has 162 valence electrons. The SMILES string of the molecule is CS(=O)(=O)/N=C1CCCN2C(=O)COc3[nH]c(=O)ccc3C3CCC(CC3)O\C=C\12.